The maximum Gasteiger partial charge on any atom is 0.279 e. The summed E-state index contributed by atoms with van der Waals surface area (Å²) in [5.41, 5.74) is 0.911. The van der Waals surface area contributed by atoms with E-state index in [1.165, 1.54) is 9.56 Å². The van der Waals surface area contributed by atoms with Gasteiger partial charge in [0.15, 0.2) is 4.83 Å². The number of rotatable bonds is 4. The number of carbonyl (C=O) groups is 1. The van der Waals surface area contributed by atoms with Crippen molar-refractivity contribution in [1.29, 1.82) is 0 Å². The molecule has 1 aliphatic rings. The molecule has 0 saturated carbocycles. The molecular formula is C17H18N4O2S2. The third-order valence-electron chi connectivity index (χ3n) is 4.52. The second-order valence-electron chi connectivity index (χ2n) is 6.44. The maximum atomic E-state index is 12.8. The molecule has 130 valence electrons. The average Bonchev–Trinajstić information content (AvgIpc) is 3.22. The van der Waals surface area contributed by atoms with Crippen LogP contribution in [0.3, 0.4) is 0 Å². The highest BCUT2D eigenvalue weighted by Crippen LogP contribution is 2.35. The van der Waals surface area contributed by atoms with E-state index < -0.39 is 0 Å². The van der Waals surface area contributed by atoms with Gasteiger partial charge in [-0.05, 0) is 42.2 Å². The van der Waals surface area contributed by atoms with E-state index in [0.29, 0.717) is 22.7 Å². The number of thiophene rings is 2. The Hall–Kier alpha value is -2.06. The highest BCUT2D eigenvalue weighted by Gasteiger charge is 2.24. The topological polar surface area (TPSA) is 76.9 Å². The summed E-state index contributed by atoms with van der Waals surface area (Å²) >= 11 is 3.15. The summed E-state index contributed by atoms with van der Waals surface area (Å²) in [6.07, 6.45) is 2.99. The van der Waals surface area contributed by atoms with Gasteiger partial charge in [-0.25, -0.2) is 4.68 Å². The van der Waals surface area contributed by atoms with Gasteiger partial charge in [-0.2, -0.15) is 0 Å². The first-order valence-corrected chi connectivity index (χ1v) is 9.98. The fourth-order valence-electron chi connectivity index (χ4n) is 3.19. The number of aryl methyl sites for hydroxylation is 1. The summed E-state index contributed by atoms with van der Waals surface area (Å²) in [6.45, 7) is 2.59. The van der Waals surface area contributed by atoms with E-state index in [-0.39, 0.29) is 18.0 Å². The van der Waals surface area contributed by atoms with Crippen molar-refractivity contribution < 1.29 is 4.79 Å². The van der Waals surface area contributed by atoms with E-state index in [4.69, 9.17) is 0 Å². The van der Waals surface area contributed by atoms with Gasteiger partial charge in [0.05, 0.1) is 11.9 Å². The van der Waals surface area contributed by atoms with Crippen molar-refractivity contribution in [2.75, 3.05) is 0 Å². The molecule has 25 heavy (non-hydrogen) atoms. The van der Waals surface area contributed by atoms with E-state index in [1.807, 2.05) is 17.5 Å². The van der Waals surface area contributed by atoms with Gasteiger partial charge < -0.3 is 5.32 Å². The Balaban J connectivity index is 1.57. The Kier molecular flexibility index (Phi) is 4.39. The lowest BCUT2D eigenvalue weighted by Crippen LogP contribution is -2.34. The van der Waals surface area contributed by atoms with Crippen molar-refractivity contribution in [3.63, 3.8) is 0 Å². The van der Waals surface area contributed by atoms with Gasteiger partial charge >= 0.3 is 0 Å². The van der Waals surface area contributed by atoms with Gasteiger partial charge in [-0.3, -0.25) is 9.59 Å². The van der Waals surface area contributed by atoms with Gasteiger partial charge in [0.1, 0.15) is 6.54 Å². The van der Waals surface area contributed by atoms with Crippen molar-refractivity contribution in [2.45, 2.75) is 39.3 Å². The molecular weight excluding hydrogens is 356 g/mol. The van der Waals surface area contributed by atoms with Crippen molar-refractivity contribution in [2.24, 2.45) is 5.92 Å². The van der Waals surface area contributed by atoms with Crippen LogP contribution in [-0.2, 0) is 30.7 Å². The summed E-state index contributed by atoms with van der Waals surface area (Å²) in [4.78, 5) is 28.0. The standard InChI is InChI=1S/C17H18N4O2S2/c1-10-4-5-12-13(7-10)25-16-15(12)17(23)21(20-19-16)9-14(22)18-8-11-3-2-6-24-11/h2-3,6,10H,4-5,7-9H2,1H3,(H,18,22)/t10-/m0/s1. The van der Waals surface area contributed by atoms with Gasteiger partial charge in [-0.1, -0.05) is 18.2 Å². The van der Waals surface area contributed by atoms with Crippen LogP contribution in [0, 0.1) is 5.92 Å². The van der Waals surface area contributed by atoms with Crippen LogP contribution in [0.1, 0.15) is 28.7 Å². The van der Waals surface area contributed by atoms with Crippen molar-refractivity contribution in [3.05, 3.63) is 43.2 Å². The van der Waals surface area contributed by atoms with Crippen LogP contribution in [0.25, 0.3) is 10.2 Å². The average molecular weight is 374 g/mol. The minimum absolute atomic E-state index is 0.103. The summed E-state index contributed by atoms with van der Waals surface area (Å²) in [6, 6.07) is 3.90. The van der Waals surface area contributed by atoms with E-state index in [1.54, 1.807) is 22.7 Å². The minimum Gasteiger partial charge on any atom is -0.350 e. The molecule has 0 saturated heterocycles. The minimum atomic E-state index is -0.234. The quantitative estimate of drug-likeness (QED) is 0.760. The van der Waals surface area contributed by atoms with Crippen LogP contribution in [0.15, 0.2) is 22.3 Å². The Bertz CT molecular complexity index is 975. The molecule has 3 aromatic heterocycles. The first-order valence-electron chi connectivity index (χ1n) is 8.29. The Morgan fingerprint density at radius 3 is 3.16 bits per heavy atom. The Labute approximate surface area is 152 Å². The SMILES string of the molecule is C[C@H]1CCc2c(sc3nnn(CC(=O)NCc4cccs4)c(=O)c23)C1. The lowest BCUT2D eigenvalue weighted by molar-refractivity contribution is -0.122. The van der Waals surface area contributed by atoms with Gasteiger partial charge in [-0.15, -0.1) is 27.8 Å². The molecule has 4 rings (SSSR count). The summed E-state index contributed by atoms with van der Waals surface area (Å²) in [5.74, 6) is 0.403. The molecule has 0 spiro atoms. The number of hydrogen-bond donors (Lipinski definition) is 1. The predicted octanol–water partition coefficient (Wildman–Crippen LogP) is 2.36. The highest BCUT2D eigenvalue weighted by molar-refractivity contribution is 7.18. The van der Waals surface area contributed by atoms with Crippen molar-refractivity contribution in [3.8, 4) is 0 Å². The second-order valence-corrected chi connectivity index (χ2v) is 8.56. The number of amides is 1. The fraction of sp³-hybridized carbons (Fsp3) is 0.412. The molecule has 0 aliphatic heterocycles. The predicted molar refractivity (Wildman–Crippen MR) is 99.0 cm³/mol. The zero-order valence-corrected chi connectivity index (χ0v) is 15.5. The fourth-order valence-corrected chi connectivity index (χ4v) is 5.15. The zero-order chi connectivity index (χ0) is 17.4. The monoisotopic (exact) mass is 374 g/mol. The number of nitrogens with zero attached hydrogens (tertiary/aromatic N) is 3. The van der Waals surface area contributed by atoms with Gasteiger partial charge in [0, 0.05) is 9.75 Å². The molecule has 0 fully saturated rings. The molecule has 1 atom stereocenters. The van der Waals surface area contributed by atoms with Crippen LogP contribution in [0.5, 0.6) is 0 Å². The number of nitrogens with one attached hydrogen (secondary N) is 1. The van der Waals surface area contributed by atoms with Crippen LogP contribution >= 0.6 is 22.7 Å². The smallest absolute Gasteiger partial charge is 0.279 e. The molecule has 3 heterocycles. The third-order valence-corrected chi connectivity index (χ3v) is 6.53. The van der Waals surface area contributed by atoms with Crippen LogP contribution < -0.4 is 10.9 Å². The van der Waals surface area contributed by atoms with Gasteiger partial charge in [0.25, 0.3) is 5.56 Å². The third kappa shape index (κ3) is 3.23. The van der Waals surface area contributed by atoms with E-state index >= 15 is 0 Å². The Morgan fingerprint density at radius 1 is 1.48 bits per heavy atom. The molecule has 0 aromatic carbocycles. The normalized spacial score (nSPS) is 16.8. The van der Waals surface area contributed by atoms with E-state index in [0.717, 1.165) is 29.7 Å². The molecule has 1 N–H and O–H groups in total. The number of hydrogen-bond acceptors (Lipinski definition) is 6. The molecule has 1 amide bonds. The lowest BCUT2D eigenvalue weighted by atomic mass is 9.89. The largest absolute Gasteiger partial charge is 0.350 e. The first kappa shape index (κ1) is 16.4. The molecule has 8 heteroatoms. The molecule has 0 unspecified atom stereocenters. The lowest BCUT2D eigenvalue weighted by Gasteiger charge is -2.17. The van der Waals surface area contributed by atoms with Crippen molar-refractivity contribution >= 4 is 38.8 Å². The van der Waals surface area contributed by atoms with E-state index in [9.17, 15) is 9.59 Å². The molecule has 0 radical (unpaired) electrons. The maximum absolute atomic E-state index is 12.8. The number of aromatic nitrogens is 3. The zero-order valence-electron chi connectivity index (χ0n) is 13.8. The molecule has 0 bridgehead atoms. The second kappa shape index (κ2) is 6.68. The Morgan fingerprint density at radius 2 is 2.36 bits per heavy atom. The summed E-state index contributed by atoms with van der Waals surface area (Å²) in [7, 11) is 0. The summed E-state index contributed by atoms with van der Waals surface area (Å²) in [5, 5.41) is 13.6. The van der Waals surface area contributed by atoms with Gasteiger partial charge in [0.2, 0.25) is 5.91 Å². The van der Waals surface area contributed by atoms with Crippen LogP contribution in [0.4, 0.5) is 0 Å². The number of carbonyl (C=O) groups excluding carboxylic acids is 1. The molecule has 3 aromatic rings. The number of fused-ring (bicyclic) bond motifs is 3. The first-order chi connectivity index (χ1) is 12.1. The molecule has 1 aliphatic carbocycles. The highest BCUT2D eigenvalue weighted by atomic mass is 32.1. The van der Waals surface area contributed by atoms with Crippen LogP contribution in [0.2, 0.25) is 0 Å². The summed E-state index contributed by atoms with van der Waals surface area (Å²) < 4.78 is 1.18. The van der Waals surface area contributed by atoms with Crippen LogP contribution in [-0.4, -0.2) is 20.9 Å². The van der Waals surface area contributed by atoms with E-state index in [2.05, 4.69) is 22.6 Å². The molecule has 6 nitrogen and oxygen atoms in total. The van der Waals surface area contributed by atoms with Crippen molar-refractivity contribution in [1.82, 2.24) is 20.3 Å².